The van der Waals surface area contributed by atoms with Crippen molar-refractivity contribution in [1.29, 1.82) is 0 Å². The summed E-state index contributed by atoms with van der Waals surface area (Å²) in [6.45, 7) is 8.58. The van der Waals surface area contributed by atoms with Crippen LogP contribution < -0.4 is 5.32 Å². The predicted octanol–water partition coefficient (Wildman–Crippen LogP) is 4.01. The largest absolute Gasteiger partial charge is 0.312 e. The van der Waals surface area contributed by atoms with Crippen LogP contribution >= 0.6 is 11.3 Å². The second-order valence-electron chi connectivity index (χ2n) is 4.87. The highest BCUT2D eigenvalue weighted by atomic mass is 32.1. The van der Waals surface area contributed by atoms with E-state index in [2.05, 4.69) is 55.7 Å². The van der Waals surface area contributed by atoms with Crippen molar-refractivity contribution in [2.45, 2.75) is 33.7 Å². The summed E-state index contributed by atoms with van der Waals surface area (Å²) in [5.41, 5.74) is 5.58. The van der Waals surface area contributed by atoms with Gasteiger partial charge in [-0.1, -0.05) is 18.2 Å². The van der Waals surface area contributed by atoms with Crippen LogP contribution in [0.2, 0.25) is 0 Å². The van der Waals surface area contributed by atoms with E-state index in [-0.39, 0.29) is 0 Å². The lowest BCUT2D eigenvalue weighted by Gasteiger charge is -2.10. The van der Waals surface area contributed by atoms with Crippen LogP contribution in [0.5, 0.6) is 0 Å². The van der Waals surface area contributed by atoms with E-state index in [1.54, 1.807) is 0 Å². The molecule has 0 radical (unpaired) electrons. The molecule has 1 aromatic heterocycles. The third-order valence-electron chi connectivity index (χ3n) is 3.40. The SMILES string of the molecule is Cc1cc(C)c(CNCCc2cccs2)cc1C. The van der Waals surface area contributed by atoms with E-state index < -0.39 is 0 Å². The van der Waals surface area contributed by atoms with E-state index in [9.17, 15) is 0 Å². The number of rotatable bonds is 5. The maximum Gasteiger partial charge on any atom is 0.0208 e. The second-order valence-corrected chi connectivity index (χ2v) is 5.90. The zero-order valence-corrected chi connectivity index (χ0v) is 12.2. The summed E-state index contributed by atoms with van der Waals surface area (Å²) in [6, 6.07) is 8.91. The summed E-state index contributed by atoms with van der Waals surface area (Å²) in [6.07, 6.45) is 1.13. The number of hydrogen-bond donors (Lipinski definition) is 1. The average Bonchev–Trinajstić information content (AvgIpc) is 2.84. The van der Waals surface area contributed by atoms with E-state index >= 15 is 0 Å². The molecule has 0 fully saturated rings. The predicted molar refractivity (Wildman–Crippen MR) is 80.4 cm³/mol. The Labute approximate surface area is 114 Å². The Hall–Kier alpha value is -1.12. The van der Waals surface area contributed by atoms with Gasteiger partial charge >= 0.3 is 0 Å². The number of thiophene rings is 1. The molecule has 0 unspecified atom stereocenters. The Morgan fingerprint density at radius 1 is 1.06 bits per heavy atom. The van der Waals surface area contributed by atoms with Gasteiger partial charge < -0.3 is 5.32 Å². The van der Waals surface area contributed by atoms with Gasteiger partial charge in [-0.05, 0) is 60.9 Å². The normalized spacial score (nSPS) is 10.8. The number of nitrogens with one attached hydrogen (secondary N) is 1. The lowest BCUT2D eigenvalue weighted by atomic mass is 10.0. The Bertz CT molecular complexity index is 500. The lowest BCUT2D eigenvalue weighted by Crippen LogP contribution is -2.17. The topological polar surface area (TPSA) is 12.0 Å². The molecule has 0 saturated carbocycles. The Kier molecular flexibility index (Phi) is 4.56. The van der Waals surface area contributed by atoms with Crippen LogP contribution in [0.1, 0.15) is 27.1 Å². The van der Waals surface area contributed by atoms with Crippen molar-refractivity contribution in [2.24, 2.45) is 0 Å². The van der Waals surface area contributed by atoms with Gasteiger partial charge in [-0.3, -0.25) is 0 Å². The van der Waals surface area contributed by atoms with Crippen molar-refractivity contribution in [1.82, 2.24) is 5.32 Å². The lowest BCUT2D eigenvalue weighted by molar-refractivity contribution is 0.687. The van der Waals surface area contributed by atoms with Crippen LogP contribution in [-0.4, -0.2) is 6.54 Å². The molecule has 0 atom stereocenters. The molecule has 1 heterocycles. The Morgan fingerprint density at radius 3 is 2.56 bits per heavy atom. The molecular weight excluding hydrogens is 238 g/mol. The molecule has 96 valence electrons. The molecule has 1 aromatic carbocycles. The quantitative estimate of drug-likeness (QED) is 0.800. The molecule has 1 N–H and O–H groups in total. The van der Waals surface area contributed by atoms with Gasteiger partial charge in [-0.2, -0.15) is 0 Å². The maximum atomic E-state index is 3.53. The second kappa shape index (κ2) is 6.17. The zero-order valence-electron chi connectivity index (χ0n) is 11.4. The van der Waals surface area contributed by atoms with Gasteiger partial charge in [0.25, 0.3) is 0 Å². The van der Waals surface area contributed by atoms with Gasteiger partial charge in [-0.15, -0.1) is 11.3 Å². The van der Waals surface area contributed by atoms with Gasteiger partial charge in [-0.25, -0.2) is 0 Å². The fourth-order valence-electron chi connectivity index (χ4n) is 2.10. The van der Waals surface area contributed by atoms with E-state index in [1.165, 1.54) is 27.1 Å². The standard InChI is InChI=1S/C16H21NS/c1-12-9-14(3)15(10-13(12)2)11-17-7-6-16-5-4-8-18-16/h4-5,8-10,17H,6-7,11H2,1-3H3. The van der Waals surface area contributed by atoms with Crippen LogP contribution in [0.15, 0.2) is 29.6 Å². The molecule has 0 aliphatic heterocycles. The number of benzene rings is 1. The van der Waals surface area contributed by atoms with Crippen molar-refractivity contribution >= 4 is 11.3 Å². The maximum absolute atomic E-state index is 3.53. The van der Waals surface area contributed by atoms with Crippen LogP contribution in [0.25, 0.3) is 0 Å². The van der Waals surface area contributed by atoms with Crippen molar-refractivity contribution < 1.29 is 0 Å². The highest BCUT2D eigenvalue weighted by Crippen LogP contribution is 2.15. The minimum atomic E-state index is 0.971. The summed E-state index contributed by atoms with van der Waals surface area (Å²) >= 11 is 1.84. The summed E-state index contributed by atoms with van der Waals surface area (Å²) in [5.74, 6) is 0. The molecule has 2 heteroatoms. The molecule has 0 amide bonds. The first-order valence-electron chi connectivity index (χ1n) is 6.46. The van der Waals surface area contributed by atoms with E-state index in [0.717, 1.165) is 19.5 Å². The molecule has 1 nitrogen and oxygen atoms in total. The van der Waals surface area contributed by atoms with E-state index in [0.29, 0.717) is 0 Å². The monoisotopic (exact) mass is 259 g/mol. The molecule has 0 saturated heterocycles. The first-order chi connectivity index (χ1) is 8.66. The fraction of sp³-hybridized carbons (Fsp3) is 0.375. The third kappa shape index (κ3) is 3.44. The highest BCUT2D eigenvalue weighted by Gasteiger charge is 2.01. The number of aryl methyl sites for hydroxylation is 3. The first kappa shape index (κ1) is 13.3. The van der Waals surface area contributed by atoms with Gasteiger partial charge in [0.05, 0.1) is 0 Å². The molecule has 2 rings (SSSR count). The molecule has 18 heavy (non-hydrogen) atoms. The Balaban J connectivity index is 1.85. The molecule has 2 aromatic rings. The van der Waals surface area contributed by atoms with E-state index in [1.807, 2.05) is 11.3 Å². The zero-order chi connectivity index (χ0) is 13.0. The summed E-state index contributed by atoms with van der Waals surface area (Å²) < 4.78 is 0. The van der Waals surface area contributed by atoms with Crippen molar-refractivity contribution in [3.05, 3.63) is 56.8 Å². The van der Waals surface area contributed by atoms with Gasteiger partial charge in [0, 0.05) is 18.0 Å². The molecule has 0 bridgehead atoms. The summed E-state index contributed by atoms with van der Waals surface area (Å²) in [5, 5.41) is 5.68. The third-order valence-corrected chi connectivity index (χ3v) is 4.33. The van der Waals surface area contributed by atoms with Gasteiger partial charge in [0.2, 0.25) is 0 Å². The molecule has 0 spiro atoms. The highest BCUT2D eigenvalue weighted by molar-refractivity contribution is 7.09. The summed E-state index contributed by atoms with van der Waals surface area (Å²) in [4.78, 5) is 1.46. The fourth-order valence-corrected chi connectivity index (χ4v) is 2.81. The molecule has 0 aliphatic carbocycles. The van der Waals surface area contributed by atoms with Crippen molar-refractivity contribution in [2.75, 3.05) is 6.54 Å². The average molecular weight is 259 g/mol. The van der Waals surface area contributed by atoms with Crippen LogP contribution in [0.3, 0.4) is 0 Å². The van der Waals surface area contributed by atoms with Gasteiger partial charge in [0.15, 0.2) is 0 Å². The van der Waals surface area contributed by atoms with Crippen LogP contribution in [0.4, 0.5) is 0 Å². The minimum Gasteiger partial charge on any atom is -0.312 e. The van der Waals surface area contributed by atoms with Crippen molar-refractivity contribution in [3.63, 3.8) is 0 Å². The summed E-state index contributed by atoms with van der Waals surface area (Å²) in [7, 11) is 0. The van der Waals surface area contributed by atoms with Gasteiger partial charge in [0.1, 0.15) is 0 Å². The van der Waals surface area contributed by atoms with Crippen molar-refractivity contribution in [3.8, 4) is 0 Å². The van der Waals surface area contributed by atoms with Crippen LogP contribution in [0, 0.1) is 20.8 Å². The van der Waals surface area contributed by atoms with Crippen LogP contribution in [-0.2, 0) is 13.0 Å². The molecule has 0 aliphatic rings. The molecular formula is C16H21NS. The Morgan fingerprint density at radius 2 is 1.83 bits per heavy atom. The smallest absolute Gasteiger partial charge is 0.0208 e. The van der Waals surface area contributed by atoms with E-state index in [4.69, 9.17) is 0 Å². The number of hydrogen-bond acceptors (Lipinski definition) is 2. The first-order valence-corrected chi connectivity index (χ1v) is 7.34. The minimum absolute atomic E-state index is 0.971.